The molecule has 2 N–H and O–H groups in total. The molecule has 5 nitrogen and oxygen atoms in total. The lowest BCUT2D eigenvalue weighted by Gasteiger charge is -2.35. The highest BCUT2D eigenvalue weighted by Gasteiger charge is 2.33. The number of nitrogens with one attached hydrogen (secondary N) is 1. The number of sulfonamides is 1. The van der Waals surface area contributed by atoms with Crippen molar-refractivity contribution in [2.75, 3.05) is 13.2 Å². The van der Waals surface area contributed by atoms with Crippen LogP contribution in [0.3, 0.4) is 0 Å². The second-order valence-corrected chi connectivity index (χ2v) is 7.49. The van der Waals surface area contributed by atoms with E-state index in [4.69, 9.17) is 11.6 Å². The third-order valence-electron chi connectivity index (χ3n) is 3.91. The molecule has 7 heteroatoms. The summed E-state index contributed by atoms with van der Waals surface area (Å²) in [5, 5.41) is 9.74. The number of hydrogen-bond acceptors (Lipinski definition) is 4. The Morgan fingerprint density at radius 2 is 2.05 bits per heavy atom. The van der Waals surface area contributed by atoms with Gasteiger partial charge in [-0.15, -0.1) is 0 Å². The highest BCUT2D eigenvalue weighted by atomic mass is 35.5. The molecule has 0 aromatic carbocycles. The van der Waals surface area contributed by atoms with Gasteiger partial charge < -0.3 is 5.11 Å². The first-order chi connectivity index (χ1) is 9.49. The Labute approximate surface area is 124 Å². The quantitative estimate of drug-likeness (QED) is 0.869. The van der Waals surface area contributed by atoms with Crippen LogP contribution in [0.5, 0.6) is 0 Å². The molecule has 0 radical (unpaired) electrons. The number of nitrogens with zero attached hydrogens (tertiary/aromatic N) is 1. The van der Waals surface area contributed by atoms with Crippen molar-refractivity contribution in [2.24, 2.45) is 5.41 Å². The molecule has 0 unspecified atom stereocenters. The van der Waals surface area contributed by atoms with Crippen molar-refractivity contribution in [3.05, 3.63) is 23.5 Å². The molecule has 0 spiro atoms. The summed E-state index contributed by atoms with van der Waals surface area (Å²) in [6, 6.07) is 1.44. The SMILES string of the molecule is O=S(=O)(NCC1(CO)CCCCC1)c1cnccc1Cl. The van der Waals surface area contributed by atoms with Gasteiger partial charge in [0.05, 0.1) is 5.02 Å². The topological polar surface area (TPSA) is 79.3 Å². The van der Waals surface area contributed by atoms with E-state index in [0.717, 1.165) is 32.1 Å². The monoisotopic (exact) mass is 318 g/mol. The van der Waals surface area contributed by atoms with Gasteiger partial charge in [-0.1, -0.05) is 30.9 Å². The van der Waals surface area contributed by atoms with Crippen molar-refractivity contribution in [2.45, 2.75) is 37.0 Å². The van der Waals surface area contributed by atoms with Gasteiger partial charge in [-0.2, -0.15) is 0 Å². The Morgan fingerprint density at radius 1 is 1.35 bits per heavy atom. The van der Waals surface area contributed by atoms with E-state index in [1.165, 1.54) is 18.5 Å². The minimum atomic E-state index is -3.69. The zero-order chi connectivity index (χ0) is 14.6. The Bertz CT molecular complexity index is 556. The smallest absolute Gasteiger partial charge is 0.243 e. The molecule has 2 rings (SSSR count). The van der Waals surface area contributed by atoms with Crippen LogP contribution in [0.2, 0.25) is 5.02 Å². The predicted octanol–water partition coefficient (Wildman–Crippen LogP) is 1.96. The van der Waals surface area contributed by atoms with Gasteiger partial charge in [0.25, 0.3) is 0 Å². The number of rotatable bonds is 5. The van der Waals surface area contributed by atoms with Crippen molar-refractivity contribution in [1.29, 1.82) is 0 Å². The number of pyridine rings is 1. The maximum Gasteiger partial charge on any atom is 0.243 e. The average Bonchev–Trinajstić information content (AvgIpc) is 2.47. The van der Waals surface area contributed by atoms with Crippen LogP contribution in [0.1, 0.15) is 32.1 Å². The normalized spacial score (nSPS) is 18.9. The zero-order valence-corrected chi connectivity index (χ0v) is 12.8. The number of aromatic nitrogens is 1. The molecule has 1 aromatic heterocycles. The van der Waals surface area contributed by atoms with Crippen molar-refractivity contribution in [1.82, 2.24) is 9.71 Å². The molecule has 1 saturated carbocycles. The summed E-state index contributed by atoms with van der Waals surface area (Å²) >= 11 is 5.89. The van der Waals surface area contributed by atoms with E-state index in [9.17, 15) is 13.5 Å². The molecule has 0 atom stereocenters. The summed E-state index contributed by atoms with van der Waals surface area (Å²) in [4.78, 5) is 3.77. The van der Waals surface area contributed by atoms with Crippen LogP contribution in [-0.4, -0.2) is 31.7 Å². The van der Waals surface area contributed by atoms with Crippen LogP contribution in [0, 0.1) is 5.41 Å². The maximum atomic E-state index is 12.2. The van der Waals surface area contributed by atoms with E-state index in [-0.39, 0.29) is 28.5 Å². The number of aliphatic hydroxyl groups is 1. The standard InChI is InChI=1S/C13H19ClN2O3S/c14-11-4-7-15-8-12(11)20(18,19)16-9-13(10-17)5-2-1-3-6-13/h4,7-8,16-17H,1-3,5-6,9-10H2. The zero-order valence-electron chi connectivity index (χ0n) is 11.2. The minimum absolute atomic E-state index is 0.00368. The summed E-state index contributed by atoms with van der Waals surface area (Å²) in [6.45, 7) is 0.230. The van der Waals surface area contributed by atoms with E-state index in [0.29, 0.717) is 0 Å². The fraction of sp³-hybridized carbons (Fsp3) is 0.615. The minimum Gasteiger partial charge on any atom is -0.396 e. The summed E-state index contributed by atoms with van der Waals surface area (Å²) in [5.74, 6) is 0. The molecule has 1 aromatic rings. The Balaban J connectivity index is 2.11. The van der Waals surface area contributed by atoms with Gasteiger partial charge in [0.1, 0.15) is 4.90 Å². The lowest BCUT2D eigenvalue weighted by Crippen LogP contribution is -2.41. The fourth-order valence-electron chi connectivity index (χ4n) is 2.58. The van der Waals surface area contributed by atoms with E-state index < -0.39 is 10.0 Å². The lowest BCUT2D eigenvalue weighted by atomic mass is 9.75. The third kappa shape index (κ3) is 3.49. The third-order valence-corrected chi connectivity index (χ3v) is 5.78. The average molecular weight is 319 g/mol. The Kier molecular flexibility index (Phi) is 5.01. The van der Waals surface area contributed by atoms with E-state index in [2.05, 4.69) is 9.71 Å². The number of hydrogen-bond donors (Lipinski definition) is 2. The molecule has 1 aliphatic carbocycles. The number of aliphatic hydroxyl groups excluding tert-OH is 1. The summed E-state index contributed by atoms with van der Waals surface area (Å²) in [6.07, 6.45) is 7.54. The molecular weight excluding hydrogens is 300 g/mol. The van der Waals surface area contributed by atoms with Gasteiger partial charge >= 0.3 is 0 Å². The molecule has 0 saturated heterocycles. The van der Waals surface area contributed by atoms with Gasteiger partial charge in [-0.05, 0) is 18.9 Å². The molecular formula is C13H19ClN2O3S. The summed E-state index contributed by atoms with van der Waals surface area (Å²) in [5.41, 5.74) is -0.347. The van der Waals surface area contributed by atoms with E-state index in [1.54, 1.807) is 0 Å². The molecule has 1 fully saturated rings. The van der Waals surface area contributed by atoms with Crippen molar-refractivity contribution in [3.63, 3.8) is 0 Å². The summed E-state index contributed by atoms with van der Waals surface area (Å²) in [7, 11) is -3.69. The van der Waals surface area contributed by atoms with E-state index >= 15 is 0 Å². The van der Waals surface area contributed by atoms with Crippen LogP contribution in [0.25, 0.3) is 0 Å². The second-order valence-electron chi connectivity index (χ2n) is 5.35. The Hall–Kier alpha value is -0.690. The van der Waals surface area contributed by atoms with Crippen molar-refractivity contribution >= 4 is 21.6 Å². The molecule has 0 aliphatic heterocycles. The lowest BCUT2D eigenvalue weighted by molar-refractivity contribution is 0.0867. The first kappa shape index (κ1) is 15.7. The number of halogens is 1. The van der Waals surface area contributed by atoms with Gasteiger partial charge in [-0.3, -0.25) is 4.98 Å². The predicted molar refractivity (Wildman–Crippen MR) is 77.0 cm³/mol. The molecule has 1 heterocycles. The van der Waals surface area contributed by atoms with Crippen LogP contribution in [-0.2, 0) is 10.0 Å². The van der Waals surface area contributed by atoms with E-state index in [1.807, 2.05) is 0 Å². The fourth-order valence-corrected chi connectivity index (χ4v) is 4.17. The first-order valence-corrected chi connectivity index (χ1v) is 8.55. The van der Waals surface area contributed by atoms with Gasteiger partial charge in [0, 0.05) is 31.0 Å². The Morgan fingerprint density at radius 3 is 2.65 bits per heavy atom. The van der Waals surface area contributed by atoms with Crippen LogP contribution < -0.4 is 4.72 Å². The van der Waals surface area contributed by atoms with Gasteiger partial charge in [0.2, 0.25) is 10.0 Å². The highest BCUT2D eigenvalue weighted by Crippen LogP contribution is 2.35. The van der Waals surface area contributed by atoms with Crippen molar-refractivity contribution < 1.29 is 13.5 Å². The largest absolute Gasteiger partial charge is 0.396 e. The van der Waals surface area contributed by atoms with Crippen LogP contribution in [0.15, 0.2) is 23.4 Å². The first-order valence-electron chi connectivity index (χ1n) is 6.69. The second kappa shape index (κ2) is 6.39. The van der Waals surface area contributed by atoms with Crippen LogP contribution in [0.4, 0.5) is 0 Å². The molecule has 1 aliphatic rings. The highest BCUT2D eigenvalue weighted by molar-refractivity contribution is 7.89. The van der Waals surface area contributed by atoms with Gasteiger partial charge in [-0.25, -0.2) is 13.1 Å². The van der Waals surface area contributed by atoms with Crippen molar-refractivity contribution in [3.8, 4) is 0 Å². The molecule has 0 amide bonds. The molecule has 0 bridgehead atoms. The van der Waals surface area contributed by atoms with Gasteiger partial charge in [0.15, 0.2) is 0 Å². The summed E-state index contributed by atoms with van der Waals surface area (Å²) < 4.78 is 27.0. The molecule has 112 valence electrons. The molecule has 20 heavy (non-hydrogen) atoms. The maximum absolute atomic E-state index is 12.2. The van der Waals surface area contributed by atoms with Crippen LogP contribution >= 0.6 is 11.6 Å².